The summed E-state index contributed by atoms with van der Waals surface area (Å²) in [5.74, 6) is -0.107. The predicted octanol–water partition coefficient (Wildman–Crippen LogP) is 10.9. The van der Waals surface area contributed by atoms with Crippen molar-refractivity contribution in [2.45, 2.75) is 206 Å². The second kappa shape index (κ2) is 31.9. The molecule has 0 amide bonds. The lowest BCUT2D eigenvalue weighted by Crippen LogP contribution is -2.29. The highest BCUT2D eigenvalue weighted by molar-refractivity contribution is 5.68. The summed E-state index contributed by atoms with van der Waals surface area (Å²) in [6, 6.07) is 0. The average Bonchev–Trinajstić information content (AvgIpc) is 2.94. The van der Waals surface area contributed by atoms with E-state index in [1.807, 2.05) is 0 Å². The third kappa shape index (κ3) is 28.7. The molecule has 0 aromatic heterocycles. The molecule has 0 fully saturated rings. The summed E-state index contributed by atoms with van der Waals surface area (Å²) in [7, 11) is 1.46. The SMILES string of the molecule is CCCCCCCCCCCCCCCCOC(CCCCCCCC(=O)OC)C(O)CCCCCCCC. The minimum absolute atomic E-state index is 0.0160. The van der Waals surface area contributed by atoms with Gasteiger partial charge in [-0.1, -0.05) is 162 Å². The third-order valence-corrected chi connectivity index (χ3v) is 8.21. The standard InChI is InChI=1S/C35H70O4/c1-4-6-8-10-12-13-14-15-16-17-18-19-24-28-32-39-34(33(36)29-25-21-11-9-7-5-2)30-26-22-20-23-27-31-35(37)38-3/h33-34,36H,4-32H2,1-3H3. The number of esters is 1. The molecule has 0 saturated carbocycles. The Kier molecular flexibility index (Phi) is 31.4. The normalized spacial score (nSPS) is 13.0. The number of unbranched alkanes of at least 4 members (excludes halogenated alkanes) is 22. The highest BCUT2D eigenvalue weighted by Crippen LogP contribution is 2.19. The Balaban J connectivity index is 3.95. The Morgan fingerprint density at radius 2 is 0.923 bits per heavy atom. The van der Waals surface area contributed by atoms with Gasteiger partial charge in [0.05, 0.1) is 19.3 Å². The van der Waals surface area contributed by atoms with Gasteiger partial charge in [0.25, 0.3) is 0 Å². The van der Waals surface area contributed by atoms with Crippen LogP contribution in [0.1, 0.15) is 194 Å². The number of methoxy groups -OCH3 is 1. The van der Waals surface area contributed by atoms with Crippen molar-refractivity contribution in [1.82, 2.24) is 0 Å². The smallest absolute Gasteiger partial charge is 0.305 e. The van der Waals surface area contributed by atoms with Gasteiger partial charge in [-0.3, -0.25) is 4.79 Å². The first-order chi connectivity index (χ1) is 19.2. The lowest BCUT2D eigenvalue weighted by molar-refractivity contribution is -0.140. The van der Waals surface area contributed by atoms with Gasteiger partial charge in [-0.05, 0) is 25.7 Å². The molecular formula is C35H70O4. The molecule has 0 aromatic carbocycles. The third-order valence-electron chi connectivity index (χ3n) is 8.21. The molecule has 0 radical (unpaired) electrons. The molecule has 2 atom stereocenters. The van der Waals surface area contributed by atoms with Gasteiger partial charge in [-0.2, -0.15) is 0 Å². The van der Waals surface area contributed by atoms with Gasteiger partial charge in [-0.25, -0.2) is 0 Å². The van der Waals surface area contributed by atoms with Crippen LogP contribution in [0.25, 0.3) is 0 Å². The molecule has 0 aliphatic rings. The Morgan fingerprint density at radius 3 is 1.38 bits per heavy atom. The van der Waals surface area contributed by atoms with Crippen molar-refractivity contribution in [2.24, 2.45) is 0 Å². The number of rotatable bonds is 32. The van der Waals surface area contributed by atoms with Crippen LogP contribution in [0.2, 0.25) is 0 Å². The molecule has 0 aliphatic heterocycles. The zero-order valence-electron chi connectivity index (χ0n) is 26.8. The predicted molar refractivity (Wildman–Crippen MR) is 168 cm³/mol. The maximum Gasteiger partial charge on any atom is 0.305 e. The van der Waals surface area contributed by atoms with E-state index < -0.39 is 0 Å². The number of aliphatic hydroxyl groups is 1. The van der Waals surface area contributed by atoms with Gasteiger partial charge >= 0.3 is 5.97 Å². The fraction of sp³-hybridized carbons (Fsp3) is 0.971. The van der Waals surface area contributed by atoms with Gasteiger partial charge in [0.15, 0.2) is 0 Å². The zero-order valence-corrected chi connectivity index (χ0v) is 26.8. The van der Waals surface area contributed by atoms with Crippen molar-refractivity contribution in [3.05, 3.63) is 0 Å². The van der Waals surface area contributed by atoms with Crippen molar-refractivity contribution < 1.29 is 19.4 Å². The van der Waals surface area contributed by atoms with E-state index in [1.165, 1.54) is 123 Å². The van der Waals surface area contributed by atoms with Crippen molar-refractivity contribution in [3.8, 4) is 0 Å². The molecule has 0 aliphatic carbocycles. The fourth-order valence-corrected chi connectivity index (χ4v) is 5.49. The van der Waals surface area contributed by atoms with Crippen LogP contribution < -0.4 is 0 Å². The summed E-state index contributed by atoms with van der Waals surface area (Å²) >= 11 is 0. The molecule has 0 bridgehead atoms. The van der Waals surface area contributed by atoms with E-state index in [9.17, 15) is 9.90 Å². The van der Waals surface area contributed by atoms with Crippen LogP contribution in [0.15, 0.2) is 0 Å². The van der Waals surface area contributed by atoms with Crippen LogP contribution in [0.3, 0.4) is 0 Å². The van der Waals surface area contributed by atoms with Crippen LogP contribution in [0.5, 0.6) is 0 Å². The highest BCUT2D eigenvalue weighted by Gasteiger charge is 2.19. The van der Waals surface area contributed by atoms with Crippen LogP contribution in [-0.2, 0) is 14.3 Å². The quantitative estimate of drug-likeness (QED) is 0.0663. The maximum atomic E-state index is 11.2. The minimum Gasteiger partial charge on any atom is -0.469 e. The van der Waals surface area contributed by atoms with Crippen LogP contribution in [0, 0.1) is 0 Å². The van der Waals surface area contributed by atoms with Gasteiger partial charge in [-0.15, -0.1) is 0 Å². The summed E-state index contributed by atoms with van der Waals surface area (Å²) in [4.78, 5) is 11.2. The van der Waals surface area contributed by atoms with E-state index in [0.29, 0.717) is 6.42 Å². The molecule has 234 valence electrons. The summed E-state index contributed by atoms with van der Waals surface area (Å²) in [6.07, 6.45) is 34.1. The monoisotopic (exact) mass is 555 g/mol. The minimum atomic E-state index is -0.331. The molecule has 0 aromatic rings. The summed E-state index contributed by atoms with van der Waals surface area (Å²) < 4.78 is 11.0. The Morgan fingerprint density at radius 1 is 0.538 bits per heavy atom. The molecule has 39 heavy (non-hydrogen) atoms. The van der Waals surface area contributed by atoms with E-state index >= 15 is 0 Å². The molecule has 0 spiro atoms. The fourth-order valence-electron chi connectivity index (χ4n) is 5.49. The Bertz CT molecular complexity index is 481. The number of ether oxygens (including phenoxy) is 2. The van der Waals surface area contributed by atoms with Crippen LogP contribution in [0.4, 0.5) is 0 Å². The van der Waals surface area contributed by atoms with E-state index in [0.717, 1.165) is 64.4 Å². The van der Waals surface area contributed by atoms with Crippen molar-refractivity contribution in [3.63, 3.8) is 0 Å². The Hall–Kier alpha value is -0.610. The summed E-state index contributed by atoms with van der Waals surface area (Å²) in [5.41, 5.74) is 0. The van der Waals surface area contributed by atoms with Crippen molar-refractivity contribution >= 4 is 5.97 Å². The first-order valence-electron chi connectivity index (χ1n) is 17.5. The first-order valence-corrected chi connectivity index (χ1v) is 17.5. The molecule has 4 heteroatoms. The second-order valence-corrected chi connectivity index (χ2v) is 12.0. The zero-order chi connectivity index (χ0) is 28.7. The second-order valence-electron chi connectivity index (χ2n) is 12.0. The van der Waals surface area contributed by atoms with E-state index in [1.54, 1.807) is 0 Å². The topological polar surface area (TPSA) is 55.8 Å². The van der Waals surface area contributed by atoms with Crippen molar-refractivity contribution in [2.75, 3.05) is 13.7 Å². The molecular weight excluding hydrogens is 484 g/mol. The summed E-state index contributed by atoms with van der Waals surface area (Å²) in [5, 5.41) is 10.9. The van der Waals surface area contributed by atoms with Crippen LogP contribution >= 0.6 is 0 Å². The van der Waals surface area contributed by atoms with Gasteiger partial charge in [0.2, 0.25) is 0 Å². The lowest BCUT2D eigenvalue weighted by atomic mass is 9.99. The average molecular weight is 555 g/mol. The maximum absolute atomic E-state index is 11.2. The number of hydrogen-bond acceptors (Lipinski definition) is 4. The van der Waals surface area contributed by atoms with Gasteiger partial charge in [0.1, 0.15) is 0 Å². The van der Waals surface area contributed by atoms with Crippen molar-refractivity contribution in [1.29, 1.82) is 0 Å². The first kappa shape index (κ1) is 38.4. The number of aliphatic hydroxyl groups excluding tert-OH is 1. The van der Waals surface area contributed by atoms with E-state index in [2.05, 4.69) is 13.8 Å². The number of carbonyl (C=O) groups is 1. The van der Waals surface area contributed by atoms with Gasteiger partial charge in [0, 0.05) is 13.0 Å². The molecule has 1 N–H and O–H groups in total. The highest BCUT2D eigenvalue weighted by atomic mass is 16.5. The molecule has 0 heterocycles. The molecule has 0 rings (SSSR count). The van der Waals surface area contributed by atoms with E-state index in [-0.39, 0.29) is 18.2 Å². The Labute approximate surface area is 244 Å². The lowest BCUT2D eigenvalue weighted by Gasteiger charge is -2.24. The number of hydrogen-bond donors (Lipinski definition) is 1. The summed E-state index contributed by atoms with van der Waals surface area (Å²) in [6.45, 7) is 5.33. The largest absolute Gasteiger partial charge is 0.469 e. The molecule has 4 nitrogen and oxygen atoms in total. The van der Waals surface area contributed by atoms with E-state index in [4.69, 9.17) is 9.47 Å². The molecule has 0 saturated heterocycles. The van der Waals surface area contributed by atoms with Crippen LogP contribution in [-0.4, -0.2) is 37.0 Å². The van der Waals surface area contributed by atoms with Gasteiger partial charge < -0.3 is 14.6 Å². The number of carbonyl (C=O) groups excluding carboxylic acids is 1. The molecule has 2 unspecified atom stereocenters.